The molecule has 0 atom stereocenters. The number of ether oxygens (including phenoxy) is 2. The summed E-state index contributed by atoms with van der Waals surface area (Å²) in [5.74, 6) is -0.0652. The summed E-state index contributed by atoms with van der Waals surface area (Å²) in [6.07, 6.45) is 1.39. The lowest BCUT2D eigenvalue weighted by Gasteiger charge is -2.11. The number of amides is 2. The van der Waals surface area contributed by atoms with Crippen molar-refractivity contribution < 1.29 is 19.1 Å². The Kier molecular flexibility index (Phi) is 9.16. The highest BCUT2D eigenvalue weighted by Crippen LogP contribution is 2.25. The monoisotopic (exact) mass is 519 g/mol. The third-order valence-corrected chi connectivity index (χ3v) is 5.35. The first-order chi connectivity index (χ1) is 16.4. The summed E-state index contributed by atoms with van der Waals surface area (Å²) >= 11 is 18.2. The molecule has 2 amide bonds. The van der Waals surface area contributed by atoms with E-state index in [2.05, 4.69) is 15.8 Å². The van der Waals surface area contributed by atoms with E-state index < -0.39 is 11.8 Å². The fourth-order valence-electron chi connectivity index (χ4n) is 2.85. The number of para-hydroxylation sites is 1. The Labute approximate surface area is 211 Å². The van der Waals surface area contributed by atoms with E-state index in [0.717, 1.165) is 5.56 Å². The Bertz CT molecular complexity index is 1220. The number of hydrogen-bond donors (Lipinski definition) is 2. The third-order valence-electron chi connectivity index (χ3n) is 4.52. The number of hydrazone groups is 1. The quantitative estimate of drug-likeness (QED) is 0.303. The molecule has 0 aliphatic heterocycles. The predicted molar refractivity (Wildman–Crippen MR) is 133 cm³/mol. The number of carbonyl (C=O) groups is 2. The van der Waals surface area contributed by atoms with Crippen LogP contribution in [-0.2, 0) is 11.4 Å². The molecule has 10 heteroatoms. The summed E-state index contributed by atoms with van der Waals surface area (Å²) in [7, 11) is 1.46. The van der Waals surface area contributed by atoms with E-state index in [1.165, 1.54) is 13.3 Å². The van der Waals surface area contributed by atoms with Crippen LogP contribution in [0.4, 0.5) is 0 Å². The third kappa shape index (κ3) is 7.12. The van der Waals surface area contributed by atoms with Crippen LogP contribution in [0.3, 0.4) is 0 Å². The molecule has 2 N–H and O–H groups in total. The molecule has 0 saturated heterocycles. The molecule has 3 aromatic rings. The van der Waals surface area contributed by atoms with Crippen LogP contribution in [0, 0.1) is 0 Å². The summed E-state index contributed by atoms with van der Waals surface area (Å²) in [6.45, 7) is -0.0813. The molecule has 0 heterocycles. The predicted octanol–water partition coefficient (Wildman–Crippen LogP) is 5.11. The Morgan fingerprint density at radius 1 is 0.971 bits per heavy atom. The van der Waals surface area contributed by atoms with Crippen LogP contribution in [-0.4, -0.2) is 31.7 Å². The first-order valence-corrected chi connectivity index (χ1v) is 11.1. The van der Waals surface area contributed by atoms with E-state index in [9.17, 15) is 9.59 Å². The number of nitrogens with zero attached hydrogens (tertiary/aromatic N) is 1. The van der Waals surface area contributed by atoms with Gasteiger partial charge in [0, 0.05) is 26.2 Å². The van der Waals surface area contributed by atoms with Crippen LogP contribution < -0.4 is 20.2 Å². The lowest BCUT2D eigenvalue weighted by Crippen LogP contribution is -2.35. The van der Waals surface area contributed by atoms with Crippen molar-refractivity contribution in [1.82, 2.24) is 10.7 Å². The molecule has 0 radical (unpaired) electrons. The molecule has 7 nitrogen and oxygen atoms in total. The number of methoxy groups -OCH3 is 1. The number of benzene rings is 3. The molecule has 3 aromatic carbocycles. The van der Waals surface area contributed by atoms with Gasteiger partial charge in [-0.3, -0.25) is 9.59 Å². The van der Waals surface area contributed by atoms with Gasteiger partial charge in [0.2, 0.25) is 0 Å². The van der Waals surface area contributed by atoms with Gasteiger partial charge < -0.3 is 14.8 Å². The number of halogens is 3. The zero-order valence-electron chi connectivity index (χ0n) is 18.0. The number of carbonyl (C=O) groups excluding carboxylic acids is 2. The Morgan fingerprint density at radius 2 is 1.71 bits per heavy atom. The normalized spacial score (nSPS) is 10.7. The van der Waals surface area contributed by atoms with Crippen LogP contribution in [0.15, 0.2) is 65.8 Å². The fourth-order valence-corrected chi connectivity index (χ4v) is 3.49. The maximum absolute atomic E-state index is 12.3. The minimum absolute atomic E-state index is 0.194. The second kappa shape index (κ2) is 12.3. The fraction of sp³-hybridized carbons (Fsp3) is 0.125. The molecule has 176 valence electrons. The smallest absolute Gasteiger partial charge is 0.259 e. The van der Waals surface area contributed by atoms with Crippen molar-refractivity contribution in [2.75, 3.05) is 13.7 Å². The molecule has 0 unspecified atom stereocenters. The molecule has 0 aromatic heterocycles. The van der Waals surface area contributed by atoms with Crippen LogP contribution >= 0.6 is 34.8 Å². The van der Waals surface area contributed by atoms with Gasteiger partial charge in [-0.15, -0.1) is 0 Å². The van der Waals surface area contributed by atoms with Crippen molar-refractivity contribution >= 4 is 52.8 Å². The maximum Gasteiger partial charge on any atom is 0.259 e. The first kappa shape index (κ1) is 25.4. The van der Waals surface area contributed by atoms with E-state index in [1.807, 2.05) is 0 Å². The van der Waals surface area contributed by atoms with Crippen molar-refractivity contribution in [1.29, 1.82) is 0 Å². The van der Waals surface area contributed by atoms with E-state index in [-0.39, 0.29) is 13.2 Å². The molecular weight excluding hydrogens is 501 g/mol. The average molecular weight is 521 g/mol. The summed E-state index contributed by atoms with van der Waals surface area (Å²) in [6, 6.07) is 16.8. The molecule has 0 bridgehead atoms. The highest BCUT2D eigenvalue weighted by atomic mass is 35.5. The molecule has 0 spiro atoms. The molecule has 0 saturated carbocycles. The van der Waals surface area contributed by atoms with Crippen LogP contribution in [0.2, 0.25) is 15.1 Å². The lowest BCUT2D eigenvalue weighted by molar-refractivity contribution is -0.120. The van der Waals surface area contributed by atoms with E-state index >= 15 is 0 Å². The van der Waals surface area contributed by atoms with Crippen LogP contribution in [0.1, 0.15) is 21.5 Å². The second-order valence-corrected chi connectivity index (χ2v) is 8.16. The Hall–Kier alpha value is -3.26. The standard InChI is InChI=1S/C24H20Cl3N3O4/c1-33-22-5-3-2-4-19(22)24(32)28-13-23(31)30-29-12-16-10-17(25)8-9-21(16)34-14-15-6-7-18(26)11-20(15)27/h2-12H,13-14H2,1H3,(H,28,32)(H,30,31). The Morgan fingerprint density at radius 3 is 2.47 bits per heavy atom. The molecule has 0 aliphatic carbocycles. The zero-order chi connectivity index (χ0) is 24.5. The van der Waals surface area contributed by atoms with Crippen molar-refractivity contribution in [2.24, 2.45) is 5.10 Å². The average Bonchev–Trinajstić information content (AvgIpc) is 2.83. The first-order valence-electron chi connectivity index (χ1n) is 9.96. The lowest BCUT2D eigenvalue weighted by atomic mass is 10.2. The van der Waals surface area contributed by atoms with E-state index in [0.29, 0.717) is 37.7 Å². The van der Waals surface area contributed by atoms with Crippen molar-refractivity contribution in [2.45, 2.75) is 6.61 Å². The van der Waals surface area contributed by atoms with Gasteiger partial charge in [0.25, 0.3) is 11.8 Å². The molecule has 3 rings (SSSR count). The van der Waals surface area contributed by atoms with Gasteiger partial charge in [0.15, 0.2) is 0 Å². The van der Waals surface area contributed by atoms with Crippen molar-refractivity contribution in [3.63, 3.8) is 0 Å². The van der Waals surface area contributed by atoms with Gasteiger partial charge in [-0.1, -0.05) is 53.0 Å². The van der Waals surface area contributed by atoms with Gasteiger partial charge in [-0.25, -0.2) is 5.43 Å². The van der Waals surface area contributed by atoms with Crippen molar-refractivity contribution in [3.05, 3.63) is 92.4 Å². The topological polar surface area (TPSA) is 89.0 Å². The highest BCUT2D eigenvalue weighted by Gasteiger charge is 2.12. The van der Waals surface area contributed by atoms with Gasteiger partial charge in [0.1, 0.15) is 18.1 Å². The largest absolute Gasteiger partial charge is 0.496 e. The molecular formula is C24H20Cl3N3O4. The Balaban J connectivity index is 1.57. The van der Waals surface area contributed by atoms with Gasteiger partial charge in [-0.2, -0.15) is 5.10 Å². The zero-order valence-corrected chi connectivity index (χ0v) is 20.2. The minimum atomic E-state index is -0.517. The summed E-state index contributed by atoms with van der Waals surface area (Å²) in [5.41, 5.74) is 3.97. The van der Waals surface area contributed by atoms with Crippen molar-refractivity contribution in [3.8, 4) is 11.5 Å². The van der Waals surface area contributed by atoms with Gasteiger partial charge in [-0.05, 0) is 42.5 Å². The van der Waals surface area contributed by atoms with Gasteiger partial charge in [0.05, 0.1) is 25.4 Å². The highest BCUT2D eigenvalue weighted by molar-refractivity contribution is 6.35. The number of rotatable bonds is 9. The molecule has 0 fully saturated rings. The van der Waals surface area contributed by atoms with Crippen LogP contribution in [0.25, 0.3) is 0 Å². The SMILES string of the molecule is COc1ccccc1C(=O)NCC(=O)NN=Cc1cc(Cl)ccc1OCc1ccc(Cl)cc1Cl. The summed E-state index contributed by atoms with van der Waals surface area (Å²) < 4.78 is 11.0. The van der Waals surface area contributed by atoms with E-state index in [4.69, 9.17) is 44.3 Å². The molecule has 0 aliphatic rings. The second-order valence-electron chi connectivity index (χ2n) is 6.88. The molecule has 34 heavy (non-hydrogen) atoms. The summed E-state index contributed by atoms with van der Waals surface area (Å²) in [4.78, 5) is 24.4. The number of nitrogens with one attached hydrogen (secondary N) is 2. The summed E-state index contributed by atoms with van der Waals surface area (Å²) in [5, 5.41) is 7.93. The number of hydrogen-bond acceptors (Lipinski definition) is 5. The maximum atomic E-state index is 12.3. The van der Waals surface area contributed by atoms with Gasteiger partial charge >= 0.3 is 0 Å². The minimum Gasteiger partial charge on any atom is -0.496 e. The van der Waals surface area contributed by atoms with E-state index in [1.54, 1.807) is 60.7 Å². The van der Waals surface area contributed by atoms with Crippen LogP contribution in [0.5, 0.6) is 11.5 Å².